The number of rotatable bonds is 10. The Labute approximate surface area is 167 Å². The molecule has 2 nitrogen and oxygen atoms in total. The smallest absolute Gasteiger partial charge is 0.0639 e. The number of nitrogens with one attached hydrogen (secondary N) is 1. The molecule has 0 bridgehead atoms. The predicted molar refractivity (Wildman–Crippen MR) is 118 cm³/mol. The van der Waals surface area contributed by atoms with Gasteiger partial charge in [-0.15, -0.1) is 0 Å². The number of para-hydroxylation sites is 1. The van der Waals surface area contributed by atoms with E-state index in [2.05, 4.69) is 90.5 Å². The van der Waals surface area contributed by atoms with Gasteiger partial charge in [-0.25, -0.2) is 0 Å². The van der Waals surface area contributed by atoms with Crippen LogP contribution >= 0.6 is 15.9 Å². The van der Waals surface area contributed by atoms with Gasteiger partial charge in [0.25, 0.3) is 0 Å². The van der Waals surface area contributed by atoms with Gasteiger partial charge < -0.3 is 5.32 Å². The van der Waals surface area contributed by atoms with Crippen LogP contribution in [0.2, 0.25) is 0 Å². The third-order valence-electron chi connectivity index (χ3n) is 4.55. The Morgan fingerprint density at radius 3 is 2.65 bits per heavy atom. The number of unbranched alkanes of at least 4 members (excludes halogenated alkanes) is 2. The van der Waals surface area contributed by atoms with Crippen molar-refractivity contribution in [1.82, 2.24) is 0 Å². The van der Waals surface area contributed by atoms with Crippen LogP contribution in [-0.4, -0.2) is 11.8 Å². The highest BCUT2D eigenvalue weighted by atomic mass is 79.9. The minimum absolute atomic E-state index is 0.418. The maximum atomic E-state index is 4.83. The van der Waals surface area contributed by atoms with Crippen LogP contribution in [0.4, 0.5) is 5.69 Å². The van der Waals surface area contributed by atoms with E-state index in [9.17, 15) is 0 Å². The monoisotopic (exact) mass is 414 g/mol. The lowest BCUT2D eigenvalue weighted by Gasteiger charge is -2.21. The minimum Gasteiger partial charge on any atom is -0.381 e. The fraction of sp³-hybridized carbons (Fsp3) is 0.435. The largest absolute Gasteiger partial charge is 0.381 e. The minimum atomic E-state index is 0.418. The van der Waals surface area contributed by atoms with E-state index in [1.165, 1.54) is 48.2 Å². The molecule has 0 saturated carbocycles. The molecule has 0 radical (unpaired) electrons. The van der Waals surface area contributed by atoms with Gasteiger partial charge in [-0.2, -0.15) is 0 Å². The van der Waals surface area contributed by atoms with Crippen LogP contribution in [0.1, 0.15) is 57.1 Å². The maximum Gasteiger partial charge on any atom is 0.0639 e. The fourth-order valence-electron chi connectivity index (χ4n) is 3.12. The molecule has 1 unspecified atom stereocenters. The molecular formula is C23H31BrN2. The molecule has 1 atom stereocenters. The molecule has 2 aromatic carbocycles. The summed E-state index contributed by atoms with van der Waals surface area (Å²) in [4.78, 5) is 4.83. The molecule has 0 aliphatic heterocycles. The summed E-state index contributed by atoms with van der Waals surface area (Å²) in [6.07, 6.45) is 5.95. The van der Waals surface area contributed by atoms with Gasteiger partial charge in [-0.3, -0.25) is 4.99 Å². The highest BCUT2D eigenvalue weighted by Crippen LogP contribution is 2.24. The summed E-state index contributed by atoms with van der Waals surface area (Å²) in [5.74, 6) is 0. The number of benzene rings is 2. The van der Waals surface area contributed by atoms with Gasteiger partial charge >= 0.3 is 0 Å². The van der Waals surface area contributed by atoms with E-state index in [0.29, 0.717) is 6.04 Å². The molecule has 0 heterocycles. The number of aliphatic imine (C=N–C) groups is 1. The van der Waals surface area contributed by atoms with E-state index in [0.717, 1.165) is 17.4 Å². The van der Waals surface area contributed by atoms with E-state index in [1.54, 1.807) is 0 Å². The number of aryl methyl sites for hydroxylation is 1. The van der Waals surface area contributed by atoms with E-state index < -0.39 is 0 Å². The number of anilines is 1. The zero-order valence-corrected chi connectivity index (χ0v) is 17.8. The van der Waals surface area contributed by atoms with Crippen LogP contribution in [0, 0.1) is 6.92 Å². The molecule has 0 aliphatic carbocycles. The normalized spacial score (nSPS) is 12.8. The Kier molecular flexibility index (Phi) is 8.90. The summed E-state index contributed by atoms with van der Waals surface area (Å²) in [6, 6.07) is 17.4. The molecule has 2 aromatic rings. The van der Waals surface area contributed by atoms with Gasteiger partial charge in [-0.1, -0.05) is 68.1 Å². The first kappa shape index (κ1) is 20.7. The Bertz CT molecular complexity index is 709. The molecule has 0 spiro atoms. The molecule has 0 saturated heterocycles. The summed E-state index contributed by atoms with van der Waals surface area (Å²) in [5, 5.41) is 3.72. The standard InChI is InChI=1S/C23H31BrN2/c1-4-5-6-12-21(26-23-14-8-7-13-22(23)24)16-19(3)25-17-20-11-9-10-18(2)15-20/h7-11,13-15,21,26H,4-6,12,16-17H2,1-3H3. The van der Waals surface area contributed by atoms with Crippen molar-refractivity contribution in [2.75, 3.05) is 5.32 Å². The molecule has 0 aliphatic rings. The van der Waals surface area contributed by atoms with Gasteiger partial charge in [0.05, 0.1) is 6.54 Å². The summed E-state index contributed by atoms with van der Waals surface area (Å²) in [5.41, 5.74) is 4.96. The van der Waals surface area contributed by atoms with Gasteiger partial charge in [-0.05, 0) is 53.9 Å². The topological polar surface area (TPSA) is 24.4 Å². The summed E-state index contributed by atoms with van der Waals surface area (Å²) in [6.45, 7) is 7.31. The fourth-order valence-corrected chi connectivity index (χ4v) is 3.52. The number of hydrogen-bond donors (Lipinski definition) is 1. The molecular weight excluding hydrogens is 384 g/mol. The van der Waals surface area contributed by atoms with E-state index in [1.807, 2.05) is 0 Å². The Morgan fingerprint density at radius 2 is 1.92 bits per heavy atom. The first-order chi connectivity index (χ1) is 12.6. The van der Waals surface area contributed by atoms with Crippen molar-refractivity contribution >= 4 is 27.3 Å². The third-order valence-corrected chi connectivity index (χ3v) is 5.24. The summed E-state index contributed by atoms with van der Waals surface area (Å²) < 4.78 is 1.12. The zero-order valence-electron chi connectivity index (χ0n) is 16.3. The van der Waals surface area contributed by atoms with E-state index in [-0.39, 0.29) is 0 Å². The van der Waals surface area contributed by atoms with Crippen molar-refractivity contribution in [2.24, 2.45) is 4.99 Å². The third kappa shape index (κ3) is 7.33. The predicted octanol–water partition coefficient (Wildman–Crippen LogP) is 7.17. The number of halogens is 1. The second-order valence-electron chi connectivity index (χ2n) is 7.06. The average Bonchev–Trinajstić information content (AvgIpc) is 2.62. The first-order valence-electron chi connectivity index (χ1n) is 9.65. The molecule has 1 N–H and O–H groups in total. The molecule has 0 aromatic heterocycles. The van der Waals surface area contributed by atoms with Gasteiger partial charge in [0.15, 0.2) is 0 Å². The molecule has 2 rings (SSSR count). The van der Waals surface area contributed by atoms with E-state index in [4.69, 9.17) is 4.99 Å². The number of nitrogens with zero attached hydrogens (tertiary/aromatic N) is 1. The van der Waals surface area contributed by atoms with Crippen LogP contribution in [0.25, 0.3) is 0 Å². The molecule has 0 amide bonds. The quantitative estimate of drug-likeness (QED) is 0.323. The van der Waals surface area contributed by atoms with Crippen molar-refractivity contribution in [3.8, 4) is 0 Å². The summed E-state index contributed by atoms with van der Waals surface area (Å²) in [7, 11) is 0. The Morgan fingerprint density at radius 1 is 1.12 bits per heavy atom. The van der Waals surface area contributed by atoms with Crippen LogP contribution < -0.4 is 5.32 Å². The summed E-state index contributed by atoms with van der Waals surface area (Å²) >= 11 is 3.65. The van der Waals surface area contributed by atoms with Crippen molar-refractivity contribution < 1.29 is 0 Å². The Balaban J connectivity index is 1.99. The van der Waals surface area contributed by atoms with Crippen LogP contribution in [-0.2, 0) is 6.54 Å². The SMILES string of the molecule is CCCCCC(CC(C)=NCc1cccc(C)c1)Nc1ccccc1Br. The van der Waals surface area contributed by atoms with Crippen molar-refractivity contribution in [3.63, 3.8) is 0 Å². The highest BCUT2D eigenvalue weighted by molar-refractivity contribution is 9.10. The average molecular weight is 415 g/mol. The zero-order chi connectivity index (χ0) is 18.8. The second kappa shape index (κ2) is 11.2. The molecule has 140 valence electrons. The van der Waals surface area contributed by atoms with Crippen LogP contribution in [0.3, 0.4) is 0 Å². The van der Waals surface area contributed by atoms with Gasteiger partial charge in [0, 0.05) is 28.3 Å². The second-order valence-corrected chi connectivity index (χ2v) is 7.92. The van der Waals surface area contributed by atoms with Crippen molar-refractivity contribution in [1.29, 1.82) is 0 Å². The van der Waals surface area contributed by atoms with E-state index >= 15 is 0 Å². The lowest BCUT2D eigenvalue weighted by molar-refractivity contribution is 0.596. The lowest BCUT2D eigenvalue weighted by Crippen LogP contribution is -2.22. The van der Waals surface area contributed by atoms with Crippen LogP contribution in [0.15, 0.2) is 58.0 Å². The Hall–Kier alpha value is -1.61. The van der Waals surface area contributed by atoms with Gasteiger partial charge in [0.1, 0.15) is 0 Å². The molecule has 26 heavy (non-hydrogen) atoms. The molecule has 3 heteroatoms. The maximum absolute atomic E-state index is 4.83. The molecule has 0 fully saturated rings. The van der Waals surface area contributed by atoms with Crippen molar-refractivity contribution in [2.45, 2.75) is 65.5 Å². The highest BCUT2D eigenvalue weighted by Gasteiger charge is 2.11. The van der Waals surface area contributed by atoms with Gasteiger partial charge in [0.2, 0.25) is 0 Å². The van der Waals surface area contributed by atoms with Crippen LogP contribution in [0.5, 0.6) is 0 Å². The lowest BCUT2D eigenvalue weighted by atomic mass is 10.0. The number of hydrogen-bond acceptors (Lipinski definition) is 2. The van der Waals surface area contributed by atoms with Crippen molar-refractivity contribution in [3.05, 3.63) is 64.1 Å². The first-order valence-corrected chi connectivity index (χ1v) is 10.4.